The number of sulfonamides is 1. The Morgan fingerprint density at radius 3 is 2.18 bits per heavy atom. The van der Waals surface area contributed by atoms with Crippen molar-refractivity contribution in [2.24, 2.45) is 0 Å². The van der Waals surface area contributed by atoms with E-state index in [0.717, 1.165) is 11.8 Å². The zero-order valence-electron chi connectivity index (χ0n) is 17.7. The highest BCUT2D eigenvalue weighted by molar-refractivity contribution is 7.99. The maximum atomic E-state index is 13.1. The molecule has 0 aliphatic carbocycles. The van der Waals surface area contributed by atoms with Gasteiger partial charge >= 0.3 is 0 Å². The van der Waals surface area contributed by atoms with Gasteiger partial charge in [0.2, 0.25) is 0 Å². The van der Waals surface area contributed by atoms with Gasteiger partial charge in [0.15, 0.2) is 0 Å². The predicted octanol–water partition coefficient (Wildman–Crippen LogP) is 6.44. The minimum atomic E-state index is -3.97. The number of thioether (sulfide) groups is 1. The molecule has 0 fully saturated rings. The Balaban J connectivity index is 1.62. The second-order valence-corrected chi connectivity index (χ2v) is 10.0. The molecule has 0 saturated carbocycles. The van der Waals surface area contributed by atoms with Gasteiger partial charge in [0, 0.05) is 10.8 Å². The summed E-state index contributed by atoms with van der Waals surface area (Å²) in [6.45, 7) is 3.44. The normalized spacial score (nSPS) is 11.3. The summed E-state index contributed by atoms with van der Waals surface area (Å²) in [5.74, 6) is 0.497. The molecular formula is C25H20FNO5S2. The lowest BCUT2D eigenvalue weighted by atomic mass is 10.1. The molecule has 0 aliphatic rings. The summed E-state index contributed by atoms with van der Waals surface area (Å²) in [6.07, 6.45) is 0. The first-order valence-electron chi connectivity index (χ1n) is 10.0. The van der Waals surface area contributed by atoms with E-state index in [1.807, 2.05) is 0 Å². The van der Waals surface area contributed by atoms with E-state index < -0.39 is 10.0 Å². The van der Waals surface area contributed by atoms with Gasteiger partial charge in [-0.2, -0.15) is 0 Å². The summed E-state index contributed by atoms with van der Waals surface area (Å²) >= 11 is 1.14. The highest BCUT2D eigenvalue weighted by atomic mass is 32.2. The number of hydrogen-bond donors (Lipinski definition) is 3. The van der Waals surface area contributed by atoms with Crippen LogP contribution >= 0.6 is 11.8 Å². The molecular weight excluding hydrogens is 477 g/mol. The van der Waals surface area contributed by atoms with Crippen LogP contribution in [0.4, 0.5) is 10.1 Å². The maximum absolute atomic E-state index is 13.1. The lowest BCUT2D eigenvalue weighted by Crippen LogP contribution is -2.13. The molecule has 9 heteroatoms. The van der Waals surface area contributed by atoms with E-state index in [1.54, 1.807) is 24.3 Å². The molecule has 0 atom stereocenters. The quantitative estimate of drug-likeness (QED) is 0.147. The first-order chi connectivity index (χ1) is 16.2. The number of aliphatic hydroxyl groups excluding tert-OH is 1. The number of aromatic hydroxyl groups is 1. The first-order valence-corrected chi connectivity index (χ1v) is 12.5. The third-order valence-corrected chi connectivity index (χ3v) is 7.28. The van der Waals surface area contributed by atoms with Crippen molar-refractivity contribution in [2.45, 2.75) is 9.79 Å². The summed E-state index contributed by atoms with van der Waals surface area (Å²) in [4.78, 5) is 0.406. The van der Waals surface area contributed by atoms with Gasteiger partial charge in [-0.25, -0.2) is 12.8 Å². The second-order valence-electron chi connectivity index (χ2n) is 7.30. The fraction of sp³-hybridized carbons (Fsp3) is 0.0400. The van der Waals surface area contributed by atoms with Gasteiger partial charge in [-0.3, -0.25) is 4.72 Å². The molecule has 0 saturated heterocycles. The van der Waals surface area contributed by atoms with Crippen molar-refractivity contribution in [2.75, 3.05) is 10.5 Å². The highest BCUT2D eigenvalue weighted by Gasteiger charge is 2.19. The number of anilines is 1. The van der Waals surface area contributed by atoms with Crippen LogP contribution in [0.2, 0.25) is 0 Å². The van der Waals surface area contributed by atoms with Crippen LogP contribution in [0.25, 0.3) is 10.8 Å². The first kappa shape index (κ1) is 23.5. The smallest absolute Gasteiger partial charge is 0.261 e. The average Bonchev–Trinajstić information content (AvgIpc) is 2.82. The van der Waals surface area contributed by atoms with Crippen molar-refractivity contribution in [1.29, 1.82) is 0 Å². The number of hydrogen-bond acceptors (Lipinski definition) is 6. The molecule has 0 bridgehead atoms. The third kappa shape index (κ3) is 5.27. The van der Waals surface area contributed by atoms with E-state index in [1.165, 1.54) is 54.6 Å². The minimum Gasteiger partial charge on any atom is -0.512 e. The number of phenolic OH excluding ortho intramolecular Hbond substituents is 1. The van der Waals surface area contributed by atoms with E-state index >= 15 is 0 Å². The average molecular weight is 498 g/mol. The number of rotatable bonds is 8. The van der Waals surface area contributed by atoms with Crippen LogP contribution in [0.1, 0.15) is 0 Å². The Hall–Kier alpha value is -3.69. The number of aliphatic hydroxyl groups is 1. The van der Waals surface area contributed by atoms with Crippen LogP contribution in [-0.4, -0.2) is 24.4 Å². The number of benzene rings is 4. The zero-order chi connectivity index (χ0) is 24.3. The molecule has 0 spiro atoms. The SMILES string of the molecule is C=C(O)CSc1cc(NS(=O)(=O)c2ccc(Oc3ccc(F)cc3)cc2)c2ccccc2c1O. The van der Waals surface area contributed by atoms with E-state index in [4.69, 9.17) is 4.74 Å². The molecule has 0 amide bonds. The molecule has 174 valence electrons. The van der Waals surface area contributed by atoms with E-state index in [9.17, 15) is 23.0 Å². The highest BCUT2D eigenvalue weighted by Crippen LogP contribution is 2.40. The Morgan fingerprint density at radius 1 is 0.971 bits per heavy atom. The molecule has 4 aromatic rings. The van der Waals surface area contributed by atoms with Gasteiger partial charge in [0.25, 0.3) is 10.0 Å². The van der Waals surface area contributed by atoms with Crippen LogP contribution in [-0.2, 0) is 10.0 Å². The Bertz CT molecular complexity index is 1450. The molecule has 0 heterocycles. The summed E-state index contributed by atoms with van der Waals surface area (Å²) in [6, 6.07) is 19.7. The molecule has 4 aromatic carbocycles. The van der Waals surface area contributed by atoms with E-state index in [-0.39, 0.29) is 33.7 Å². The number of phenols is 1. The molecule has 4 rings (SSSR count). The van der Waals surface area contributed by atoms with Crippen molar-refractivity contribution < 1.29 is 27.8 Å². The summed E-state index contributed by atoms with van der Waals surface area (Å²) in [7, 11) is -3.97. The number of halogens is 1. The van der Waals surface area contributed by atoms with Gasteiger partial charge in [0.1, 0.15) is 23.1 Å². The predicted molar refractivity (Wildman–Crippen MR) is 132 cm³/mol. The number of ether oxygens (including phenoxy) is 1. The van der Waals surface area contributed by atoms with Gasteiger partial charge < -0.3 is 14.9 Å². The van der Waals surface area contributed by atoms with Crippen LogP contribution in [0.15, 0.2) is 101 Å². The largest absolute Gasteiger partial charge is 0.512 e. The maximum Gasteiger partial charge on any atom is 0.261 e. The summed E-state index contributed by atoms with van der Waals surface area (Å²) in [5, 5.41) is 21.0. The van der Waals surface area contributed by atoms with E-state index in [0.29, 0.717) is 27.2 Å². The Labute approximate surface area is 200 Å². The Kier molecular flexibility index (Phi) is 6.67. The molecule has 3 N–H and O–H groups in total. The molecule has 0 aliphatic heterocycles. The molecule has 0 aromatic heterocycles. The second kappa shape index (κ2) is 9.66. The zero-order valence-corrected chi connectivity index (χ0v) is 19.4. The fourth-order valence-electron chi connectivity index (χ4n) is 3.22. The number of nitrogens with one attached hydrogen (secondary N) is 1. The summed E-state index contributed by atoms with van der Waals surface area (Å²) in [5.41, 5.74) is 0.283. The molecule has 34 heavy (non-hydrogen) atoms. The van der Waals surface area contributed by atoms with Gasteiger partial charge in [0.05, 0.1) is 27.0 Å². The van der Waals surface area contributed by atoms with Crippen LogP contribution in [0, 0.1) is 5.82 Å². The fourth-order valence-corrected chi connectivity index (χ4v) is 5.06. The van der Waals surface area contributed by atoms with Gasteiger partial charge in [-0.15, -0.1) is 11.8 Å². The monoisotopic (exact) mass is 497 g/mol. The lowest BCUT2D eigenvalue weighted by Gasteiger charge is -2.15. The van der Waals surface area contributed by atoms with Crippen LogP contribution in [0.5, 0.6) is 17.2 Å². The van der Waals surface area contributed by atoms with Crippen molar-refractivity contribution in [3.8, 4) is 17.2 Å². The van der Waals surface area contributed by atoms with Crippen LogP contribution < -0.4 is 9.46 Å². The summed E-state index contributed by atoms with van der Waals surface area (Å²) < 4.78 is 47.4. The van der Waals surface area contributed by atoms with Crippen molar-refractivity contribution in [3.05, 3.63) is 97.0 Å². The lowest BCUT2D eigenvalue weighted by molar-refractivity contribution is 0.420. The standard InChI is InChI=1S/C25H20FNO5S2/c1-16(28)15-33-24-14-23(21-4-2-3-5-22(21)25(24)29)27-34(30,31)20-12-10-19(11-13-20)32-18-8-6-17(26)7-9-18/h2-14,27-29H,1,15H2. The number of fused-ring (bicyclic) bond motifs is 1. The third-order valence-electron chi connectivity index (χ3n) is 4.80. The molecule has 0 unspecified atom stereocenters. The van der Waals surface area contributed by atoms with Gasteiger partial charge in [-0.1, -0.05) is 30.8 Å². The van der Waals surface area contributed by atoms with Gasteiger partial charge in [-0.05, 0) is 54.6 Å². The van der Waals surface area contributed by atoms with Crippen molar-refractivity contribution in [1.82, 2.24) is 0 Å². The topological polar surface area (TPSA) is 95.9 Å². The molecule has 0 radical (unpaired) electrons. The van der Waals surface area contributed by atoms with Crippen molar-refractivity contribution in [3.63, 3.8) is 0 Å². The Morgan fingerprint density at radius 2 is 1.56 bits per heavy atom. The minimum absolute atomic E-state index is 0.00732. The van der Waals surface area contributed by atoms with E-state index in [2.05, 4.69) is 11.3 Å². The van der Waals surface area contributed by atoms with Crippen molar-refractivity contribution >= 4 is 38.2 Å². The molecule has 6 nitrogen and oxygen atoms in total. The van der Waals surface area contributed by atoms with Crippen LogP contribution in [0.3, 0.4) is 0 Å².